The molecular formula is C61H39N3O2. The SMILES string of the molecule is O=c1c2ccccc2oc2cc(N3c4ccc(-c5cc(-c6ccccc6)cc(-c6ccccc6)c5)cc4N(c4ccccc4)c4cc(-n5c6ccccc6c6ccccc65)ccc43)ccc12. The predicted octanol–water partition coefficient (Wildman–Crippen LogP) is 16.3. The quantitative estimate of drug-likeness (QED) is 0.156. The van der Waals surface area contributed by atoms with Crippen molar-refractivity contribution in [3.05, 3.63) is 247 Å². The second-order valence-electron chi connectivity index (χ2n) is 16.9. The number of para-hydroxylation sites is 4. The molecule has 12 aromatic rings. The molecule has 0 fully saturated rings. The van der Waals surface area contributed by atoms with Crippen molar-refractivity contribution in [2.24, 2.45) is 0 Å². The zero-order valence-corrected chi connectivity index (χ0v) is 35.7. The smallest absolute Gasteiger partial charge is 0.200 e. The summed E-state index contributed by atoms with van der Waals surface area (Å²) in [4.78, 5) is 18.5. The van der Waals surface area contributed by atoms with Crippen LogP contribution in [0.1, 0.15) is 0 Å². The van der Waals surface area contributed by atoms with Gasteiger partial charge in [-0.3, -0.25) is 4.79 Å². The normalized spacial score (nSPS) is 12.2. The van der Waals surface area contributed by atoms with Crippen molar-refractivity contribution in [1.29, 1.82) is 0 Å². The molecule has 0 N–H and O–H groups in total. The van der Waals surface area contributed by atoms with Gasteiger partial charge in [-0.1, -0.05) is 133 Å². The van der Waals surface area contributed by atoms with E-state index >= 15 is 0 Å². The van der Waals surface area contributed by atoms with Gasteiger partial charge in [-0.15, -0.1) is 0 Å². The molecule has 3 heterocycles. The molecule has 2 aromatic heterocycles. The fraction of sp³-hybridized carbons (Fsp3) is 0. The highest BCUT2D eigenvalue weighted by molar-refractivity contribution is 6.10. The zero-order chi connectivity index (χ0) is 43.7. The van der Waals surface area contributed by atoms with E-state index in [0.717, 1.165) is 84.2 Å². The van der Waals surface area contributed by atoms with Gasteiger partial charge in [0.25, 0.3) is 0 Å². The van der Waals surface area contributed by atoms with Crippen molar-refractivity contribution >= 4 is 77.9 Å². The maximum absolute atomic E-state index is 13.8. The molecule has 0 aliphatic carbocycles. The first-order valence-corrected chi connectivity index (χ1v) is 22.3. The molecule has 1 aliphatic heterocycles. The van der Waals surface area contributed by atoms with Crippen molar-refractivity contribution in [2.45, 2.75) is 0 Å². The monoisotopic (exact) mass is 845 g/mol. The van der Waals surface area contributed by atoms with E-state index in [2.05, 4.69) is 208 Å². The fourth-order valence-electron chi connectivity index (χ4n) is 10.0. The Morgan fingerprint density at radius 2 is 0.773 bits per heavy atom. The third-order valence-corrected chi connectivity index (χ3v) is 13.1. The highest BCUT2D eigenvalue weighted by Gasteiger charge is 2.32. The summed E-state index contributed by atoms with van der Waals surface area (Å²) in [6.45, 7) is 0. The van der Waals surface area contributed by atoms with Crippen LogP contribution in [0.25, 0.3) is 82.8 Å². The summed E-state index contributed by atoms with van der Waals surface area (Å²) in [6, 6.07) is 83.1. The van der Waals surface area contributed by atoms with E-state index < -0.39 is 0 Å². The van der Waals surface area contributed by atoms with Gasteiger partial charge in [0.2, 0.25) is 5.43 Å². The lowest BCUT2D eigenvalue weighted by Gasteiger charge is -2.41. The average molecular weight is 846 g/mol. The lowest BCUT2D eigenvalue weighted by atomic mass is 9.92. The lowest BCUT2D eigenvalue weighted by molar-refractivity contribution is 0.660. The molecule has 66 heavy (non-hydrogen) atoms. The summed E-state index contributed by atoms with van der Waals surface area (Å²) in [5, 5.41) is 3.53. The van der Waals surface area contributed by atoms with Crippen LogP contribution in [0.2, 0.25) is 0 Å². The number of aromatic nitrogens is 1. The van der Waals surface area contributed by atoms with Gasteiger partial charge in [0, 0.05) is 28.2 Å². The lowest BCUT2D eigenvalue weighted by Crippen LogP contribution is -2.24. The van der Waals surface area contributed by atoms with Gasteiger partial charge in [-0.2, -0.15) is 0 Å². The topological polar surface area (TPSA) is 41.6 Å². The van der Waals surface area contributed by atoms with Crippen LogP contribution >= 0.6 is 0 Å². The maximum Gasteiger partial charge on any atom is 0.200 e. The third-order valence-electron chi connectivity index (χ3n) is 13.1. The predicted molar refractivity (Wildman–Crippen MR) is 274 cm³/mol. The first-order valence-electron chi connectivity index (χ1n) is 22.3. The number of anilines is 6. The minimum atomic E-state index is -0.0406. The molecule has 5 heteroatoms. The number of benzene rings is 10. The zero-order valence-electron chi connectivity index (χ0n) is 35.7. The van der Waals surface area contributed by atoms with Crippen LogP contribution in [0.15, 0.2) is 246 Å². The van der Waals surface area contributed by atoms with Crippen molar-refractivity contribution in [1.82, 2.24) is 4.57 Å². The van der Waals surface area contributed by atoms with Crippen LogP contribution in [0, 0.1) is 0 Å². The van der Waals surface area contributed by atoms with Gasteiger partial charge in [0.1, 0.15) is 11.2 Å². The van der Waals surface area contributed by atoms with E-state index in [0.29, 0.717) is 21.9 Å². The Hall–Kier alpha value is -8.93. The third kappa shape index (κ3) is 6.05. The van der Waals surface area contributed by atoms with Crippen LogP contribution in [-0.2, 0) is 0 Å². The molecule has 0 bridgehead atoms. The molecule has 10 aromatic carbocycles. The van der Waals surface area contributed by atoms with Crippen molar-refractivity contribution < 1.29 is 4.42 Å². The van der Waals surface area contributed by atoms with Crippen LogP contribution in [-0.4, -0.2) is 4.57 Å². The number of fused-ring (bicyclic) bond motifs is 7. The maximum atomic E-state index is 13.8. The van der Waals surface area contributed by atoms with Gasteiger partial charge >= 0.3 is 0 Å². The van der Waals surface area contributed by atoms with Gasteiger partial charge in [-0.05, 0) is 130 Å². The summed E-state index contributed by atoms with van der Waals surface area (Å²) >= 11 is 0. The number of rotatable bonds is 6. The molecule has 13 rings (SSSR count). The summed E-state index contributed by atoms with van der Waals surface area (Å²) in [6.07, 6.45) is 0. The minimum Gasteiger partial charge on any atom is -0.456 e. The first-order chi connectivity index (χ1) is 32.6. The van der Waals surface area contributed by atoms with Crippen LogP contribution in [0.5, 0.6) is 0 Å². The second kappa shape index (κ2) is 15.1. The number of hydrogen-bond donors (Lipinski definition) is 0. The van der Waals surface area contributed by atoms with E-state index in [9.17, 15) is 4.79 Å². The molecule has 0 amide bonds. The highest BCUT2D eigenvalue weighted by atomic mass is 16.3. The van der Waals surface area contributed by atoms with E-state index in [1.165, 1.54) is 10.8 Å². The molecule has 1 aliphatic rings. The Labute approximate surface area is 380 Å². The van der Waals surface area contributed by atoms with Crippen LogP contribution in [0.3, 0.4) is 0 Å². The van der Waals surface area contributed by atoms with E-state index in [1.54, 1.807) is 0 Å². The summed E-state index contributed by atoms with van der Waals surface area (Å²) in [5.41, 5.74) is 17.1. The Bertz CT molecular complexity index is 3800. The van der Waals surface area contributed by atoms with Crippen molar-refractivity contribution in [2.75, 3.05) is 9.80 Å². The molecular weight excluding hydrogens is 807 g/mol. The van der Waals surface area contributed by atoms with Crippen molar-refractivity contribution in [3.8, 4) is 39.1 Å². The van der Waals surface area contributed by atoms with Gasteiger partial charge in [0.15, 0.2) is 0 Å². The Kier molecular flexibility index (Phi) is 8.61. The standard InChI is InChI=1S/C61H39N3O2/c65-61-51-24-12-15-27-59(51)66-60-39-48(29-31-52(60)61)64-55-32-28-42(45-35-43(40-16-4-1-5-17-40)34-44(36-45)41-18-6-2-7-19-41)37-57(55)62(46-20-8-3-9-21-46)58-38-47(30-33-56(58)64)63-53-25-13-10-22-49(53)50-23-11-14-26-54(50)63/h1-39H. The molecule has 0 spiro atoms. The number of hydrogen-bond acceptors (Lipinski definition) is 4. The molecule has 0 saturated carbocycles. The van der Waals surface area contributed by atoms with Crippen molar-refractivity contribution in [3.63, 3.8) is 0 Å². The summed E-state index contributed by atoms with van der Waals surface area (Å²) in [7, 11) is 0. The molecule has 0 saturated heterocycles. The van der Waals surface area contributed by atoms with E-state index in [4.69, 9.17) is 4.42 Å². The Morgan fingerprint density at radius 1 is 0.288 bits per heavy atom. The van der Waals surface area contributed by atoms with Gasteiger partial charge in [0.05, 0.1) is 50.2 Å². The molecule has 0 radical (unpaired) electrons. The second-order valence-corrected chi connectivity index (χ2v) is 16.9. The first kappa shape index (κ1) is 37.6. The van der Waals surface area contributed by atoms with Gasteiger partial charge < -0.3 is 18.8 Å². The van der Waals surface area contributed by atoms with Gasteiger partial charge in [-0.25, -0.2) is 0 Å². The Balaban J connectivity index is 1.08. The fourth-order valence-corrected chi connectivity index (χ4v) is 10.0. The average Bonchev–Trinajstić information content (AvgIpc) is 3.72. The molecule has 0 unspecified atom stereocenters. The molecule has 310 valence electrons. The van der Waals surface area contributed by atoms with E-state index in [1.807, 2.05) is 42.5 Å². The summed E-state index contributed by atoms with van der Waals surface area (Å²) in [5.74, 6) is 0. The highest BCUT2D eigenvalue weighted by Crippen LogP contribution is 2.56. The largest absolute Gasteiger partial charge is 0.456 e. The molecule has 0 atom stereocenters. The van der Waals surface area contributed by atoms with Crippen LogP contribution < -0.4 is 15.2 Å². The van der Waals surface area contributed by atoms with Crippen LogP contribution in [0.4, 0.5) is 34.1 Å². The number of nitrogens with zero attached hydrogens (tertiary/aromatic N) is 3. The molecule has 5 nitrogen and oxygen atoms in total. The summed E-state index contributed by atoms with van der Waals surface area (Å²) < 4.78 is 8.88. The van der Waals surface area contributed by atoms with E-state index in [-0.39, 0.29) is 5.43 Å². The Morgan fingerprint density at radius 3 is 1.42 bits per heavy atom. The minimum absolute atomic E-state index is 0.0406.